The van der Waals surface area contributed by atoms with Gasteiger partial charge in [0.25, 0.3) is 0 Å². The number of H-pyrrole nitrogens is 1. The zero-order valence-electron chi connectivity index (χ0n) is 24.6. The molecule has 2 spiro atoms. The van der Waals surface area contributed by atoms with E-state index in [-0.39, 0.29) is 12.0 Å². The van der Waals surface area contributed by atoms with Crippen molar-refractivity contribution in [1.29, 1.82) is 0 Å². The number of aromatic amines is 1. The molecular formula is C35H53NO2. The van der Waals surface area contributed by atoms with Gasteiger partial charge >= 0.3 is 0 Å². The number of hydrogen-bond acceptors (Lipinski definition) is 2. The number of rotatable bonds is 8. The first kappa shape index (κ1) is 26.9. The number of aliphatic hydroxyl groups excluding tert-OH is 2. The highest BCUT2D eigenvalue weighted by Crippen LogP contribution is 2.82. The van der Waals surface area contributed by atoms with Crippen LogP contribution in [0.5, 0.6) is 0 Å². The van der Waals surface area contributed by atoms with E-state index in [1.165, 1.54) is 62.5 Å². The normalized spacial score (nSPS) is 43.8. The molecule has 0 saturated heterocycles. The Morgan fingerprint density at radius 3 is 2.61 bits per heavy atom. The van der Waals surface area contributed by atoms with Crippen LogP contribution in [-0.4, -0.2) is 28.4 Å². The summed E-state index contributed by atoms with van der Waals surface area (Å²) in [5, 5.41) is 19.8. The van der Waals surface area contributed by atoms with Gasteiger partial charge in [-0.05, 0) is 139 Å². The van der Waals surface area contributed by atoms with Gasteiger partial charge in [-0.1, -0.05) is 51.5 Å². The van der Waals surface area contributed by atoms with E-state index in [0.29, 0.717) is 46.5 Å². The zero-order valence-corrected chi connectivity index (χ0v) is 24.6. The van der Waals surface area contributed by atoms with Gasteiger partial charge in [0.15, 0.2) is 0 Å². The first-order valence-electron chi connectivity index (χ1n) is 15.8. The summed E-state index contributed by atoms with van der Waals surface area (Å²) in [7, 11) is 0. The van der Waals surface area contributed by atoms with Gasteiger partial charge in [-0.15, -0.1) is 0 Å². The summed E-state index contributed by atoms with van der Waals surface area (Å²) in [5.41, 5.74) is 5.87. The van der Waals surface area contributed by atoms with Gasteiger partial charge in [-0.2, -0.15) is 0 Å². The van der Waals surface area contributed by atoms with E-state index in [1.54, 1.807) is 5.57 Å². The molecule has 3 nitrogen and oxygen atoms in total. The Hall–Kier alpha value is -1.32. The van der Waals surface area contributed by atoms with E-state index in [4.69, 9.17) is 0 Å². The molecule has 6 rings (SSSR count). The van der Waals surface area contributed by atoms with E-state index in [1.807, 2.05) is 6.20 Å². The summed E-state index contributed by atoms with van der Waals surface area (Å²) in [6, 6.07) is 2.16. The molecule has 38 heavy (non-hydrogen) atoms. The third kappa shape index (κ3) is 3.96. The third-order valence-electron chi connectivity index (χ3n) is 13.2. The fraction of sp³-hybridized carbons (Fsp3) is 0.771. The Morgan fingerprint density at radius 1 is 1.11 bits per heavy atom. The molecular weight excluding hydrogens is 466 g/mol. The van der Waals surface area contributed by atoms with E-state index >= 15 is 0 Å². The van der Waals surface area contributed by atoms with Crippen LogP contribution in [0.25, 0.3) is 0 Å². The first-order chi connectivity index (χ1) is 18.1. The highest BCUT2D eigenvalue weighted by atomic mass is 16.3. The fourth-order valence-electron chi connectivity index (χ4n) is 11.6. The quantitative estimate of drug-likeness (QED) is 0.329. The van der Waals surface area contributed by atoms with Crippen molar-refractivity contribution in [3.63, 3.8) is 0 Å². The SMILES string of the molecule is C=C1C=C2C3(CCC(CC(CO)Cc4cc[nH]c4)C3)CC3(CCC(CCCO)C3)C(C)C2(C)C2C1C2(C)C. The van der Waals surface area contributed by atoms with E-state index in [0.717, 1.165) is 31.1 Å². The van der Waals surface area contributed by atoms with Crippen LogP contribution in [0.2, 0.25) is 0 Å². The van der Waals surface area contributed by atoms with E-state index in [2.05, 4.69) is 57.6 Å². The summed E-state index contributed by atoms with van der Waals surface area (Å²) < 4.78 is 0. The summed E-state index contributed by atoms with van der Waals surface area (Å²) in [5.74, 6) is 3.91. The van der Waals surface area contributed by atoms with Gasteiger partial charge in [0, 0.05) is 25.6 Å². The minimum absolute atomic E-state index is 0.260. The Balaban J connectivity index is 1.32. The molecule has 0 radical (unpaired) electrons. The van der Waals surface area contributed by atoms with Gasteiger partial charge in [0.05, 0.1) is 0 Å². The van der Waals surface area contributed by atoms with Crippen LogP contribution in [0.1, 0.15) is 97.5 Å². The second kappa shape index (κ2) is 9.37. The molecule has 5 aliphatic carbocycles. The molecule has 0 aliphatic heterocycles. The lowest BCUT2D eigenvalue weighted by Crippen LogP contribution is -2.54. The number of aromatic nitrogens is 1. The highest BCUT2D eigenvalue weighted by Gasteiger charge is 2.75. The molecule has 4 saturated carbocycles. The second-order valence-corrected chi connectivity index (χ2v) is 15.5. The Morgan fingerprint density at radius 2 is 1.89 bits per heavy atom. The fourth-order valence-corrected chi connectivity index (χ4v) is 11.6. The molecule has 1 heterocycles. The molecule has 5 aliphatic rings. The van der Waals surface area contributed by atoms with Gasteiger partial charge in [-0.3, -0.25) is 0 Å². The maximum Gasteiger partial charge on any atom is 0.0462 e. The number of hydrogen-bond donors (Lipinski definition) is 3. The molecule has 0 amide bonds. The van der Waals surface area contributed by atoms with Gasteiger partial charge < -0.3 is 15.2 Å². The van der Waals surface area contributed by atoms with Gasteiger partial charge in [0.2, 0.25) is 0 Å². The molecule has 3 N–H and O–H groups in total. The largest absolute Gasteiger partial charge is 0.396 e. The lowest BCUT2D eigenvalue weighted by Gasteiger charge is -2.62. The van der Waals surface area contributed by atoms with Crippen molar-refractivity contribution in [3.8, 4) is 0 Å². The monoisotopic (exact) mass is 519 g/mol. The molecule has 9 atom stereocenters. The van der Waals surface area contributed by atoms with E-state index < -0.39 is 0 Å². The predicted molar refractivity (Wildman–Crippen MR) is 155 cm³/mol. The van der Waals surface area contributed by atoms with Crippen molar-refractivity contribution in [3.05, 3.63) is 47.8 Å². The molecule has 210 valence electrons. The van der Waals surface area contributed by atoms with Crippen LogP contribution in [0.3, 0.4) is 0 Å². The summed E-state index contributed by atoms with van der Waals surface area (Å²) in [4.78, 5) is 3.19. The van der Waals surface area contributed by atoms with Crippen molar-refractivity contribution in [2.24, 2.45) is 57.2 Å². The summed E-state index contributed by atoms with van der Waals surface area (Å²) >= 11 is 0. The minimum Gasteiger partial charge on any atom is -0.396 e. The van der Waals surface area contributed by atoms with Gasteiger partial charge in [0.1, 0.15) is 0 Å². The van der Waals surface area contributed by atoms with Crippen molar-refractivity contribution < 1.29 is 10.2 Å². The third-order valence-corrected chi connectivity index (χ3v) is 13.2. The lowest BCUT2D eigenvalue weighted by atomic mass is 9.42. The van der Waals surface area contributed by atoms with Crippen molar-refractivity contribution in [1.82, 2.24) is 4.98 Å². The number of allylic oxidation sites excluding steroid dienone is 3. The topological polar surface area (TPSA) is 56.2 Å². The maximum atomic E-state index is 10.3. The Bertz CT molecular complexity index is 1070. The van der Waals surface area contributed by atoms with Crippen molar-refractivity contribution >= 4 is 0 Å². The minimum atomic E-state index is 0.260. The molecule has 1 aromatic heterocycles. The van der Waals surface area contributed by atoms with Crippen LogP contribution < -0.4 is 0 Å². The van der Waals surface area contributed by atoms with Crippen molar-refractivity contribution in [2.75, 3.05) is 13.2 Å². The average Bonchev–Trinajstić information content (AvgIpc) is 3.38. The summed E-state index contributed by atoms with van der Waals surface area (Å²) in [6.45, 7) is 15.6. The average molecular weight is 520 g/mol. The molecule has 4 fully saturated rings. The number of aliphatic hydroxyl groups is 2. The molecule has 0 bridgehead atoms. The van der Waals surface area contributed by atoms with Gasteiger partial charge in [-0.25, -0.2) is 0 Å². The second-order valence-electron chi connectivity index (χ2n) is 15.5. The number of nitrogens with one attached hydrogen (secondary N) is 1. The standard InChI is InChI=1S/C35H53NO2/c1-23-15-29-33(5,31-30(23)32(31,3)4)24(2)34(11-8-25(18-34)7-6-14-37)22-35(29)12-9-26(19-35)16-28(21-38)17-27-10-13-36-20-27/h10,13,15,20,24-26,28,30-31,36-38H,1,6-9,11-12,14,16-19,21-22H2,2-5H3. The van der Waals surface area contributed by atoms with Crippen LogP contribution in [0, 0.1) is 57.2 Å². The highest BCUT2D eigenvalue weighted by molar-refractivity contribution is 5.48. The zero-order chi connectivity index (χ0) is 26.9. The molecule has 0 aromatic carbocycles. The molecule has 1 aromatic rings. The Kier molecular flexibility index (Phi) is 6.63. The van der Waals surface area contributed by atoms with Crippen molar-refractivity contribution in [2.45, 2.75) is 98.3 Å². The molecule has 3 heteroatoms. The predicted octanol–water partition coefficient (Wildman–Crippen LogP) is 7.72. The Labute approximate surface area is 231 Å². The smallest absolute Gasteiger partial charge is 0.0462 e. The van der Waals surface area contributed by atoms with Crippen LogP contribution in [-0.2, 0) is 6.42 Å². The number of fused-ring (bicyclic) bond motifs is 4. The van der Waals surface area contributed by atoms with Crippen LogP contribution in [0.4, 0.5) is 0 Å². The summed E-state index contributed by atoms with van der Waals surface area (Å²) in [6.07, 6.45) is 20.4. The van der Waals surface area contributed by atoms with E-state index in [9.17, 15) is 10.2 Å². The van der Waals surface area contributed by atoms with Crippen LogP contribution >= 0.6 is 0 Å². The maximum absolute atomic E-state index is 10.3. The lowest BCUT2D eigenvalue weighted by molar-refractivity contribution is -0.0502. The first-order valence-corrected chi connectivity index (χ1v) is 15.8. The molecule has 9 unspecified atom stereocenters. The van der Waals surface area contributed by atoms with Crippen LogP contribution in [0.15, 0.2) is 42.3 Å².